The topological polar surface area (TPSA) is 61.4 Å². The molecule has 0 aliphatic carbocycles. The van der Waals surface area contributed by atoms with Crippen LogP contribution in [0, 0.1) is 0 Å². The number of aliphatic hydroxyl groups excluding tert-OH is 1. The molecule has 0 aliphatic rings. The van der Waals surface area contributed by atoms with E-state index in [1.165, 1.54) is 0 Å². The van der Waals surface area contributed by atoms with E-state index < -0.39 is 12.0 Å². The summed E-state index contributed by atoms with van der Waals surface area (Å²) in [6, 6.07) is 6.62. The Morgan fingerprint density at radius 2 is 2.18 bits per heavy atom. The Hall–Kier alpha value is -0.810. The lowest BCUT2D eigenvalue weighted by Crippen LogP contribution is -2.34. The van der Waals surface area contributed by atoms with Gasteiger partial charge < -0.3 is 15.7 Å². The van der Waals surface area contributed by atoms with Crippen molar-refractivity contribution < 1.29 is 9.90 Å². The summed E-state index contributed by atoms with van der Waals surface area (Å²) in [6.07, 6.45) is -1.17. The second-order valence-corrected chi connectivity index (χ2v) is 3.79. The summed E-state index contributed by atoms with van der Waals surface area (Å²) in [5.74, 6) is -0.419. The van der Waals surface area contributed by atoms with Gasteiger partial charge in [0.1, 0.15) is 0 Å². The van der Waals surface area contributed by atoms with E-state index in [0.29, 0.717) is 23.7 Å². The molecule has 0 aromatic heterocycles. The monoisotopic (exact) mass is 278 g/mol. The van der Waals surface area contributed by atoms with Crippen LogP contribution in [0.2, 0.25) is 5.02 Å². The maximum Gasteiger partial charge on any atom is 0.253 e. The molecule has 1 atom stereocenters. The van der Waals surface area contributed by atoms with Gasteiger partial charge in [0, 0.05) is 18.1 Å². The van der Waals surface area contributed by atoms with Crippen molar-refractivity contribution in [2.45, 2.75) is 6.10 Å². The molecule has 0 aliphatic heterocycles. The average Bonchev–Trinajstić information content (AvgIpc) is 2.28. The van der Waals surface area contributed by atoms with Crippen molar-refractivity contribution in [3.63, 3.8) is 0 Å². The van der Waals surface area contributed by atoms with Gasteiger partial charge in [-0.2, -0.15) is 0 Å². The van der Waals surface area contributed by atoms with Crippen LogP contribution in [0.3, 0.4) is 0 Å². The van der Waals surface area contributed by atoms with E-state index in [2.05, 4.69) is 10.6 Å². The van der Waals surface area contributed by atoms with Gasteiger partial charge in [-0.25, -0.2) is 0 Å². The first-order valence-electron chi connectivity index (χ1n) is 5.01. The number of likely N-dealkylation sites (N-methyl/N-ethyl adjacent to an activating group) is 1. The van der Waals surface area contributed by atoms with Gasteiger partial charge in [0.15, 0.2) is 6.10 Å². The number of nitrogens with one attached hydrogen (secondary N) is 2. The molecule has 0 heterocycles. The quantitative estimate of drug-likeness (QED) is 0.708. The van der Waals surface area contributed by atoms with Crippen molar-refractivity contribution >= 4 is 29.9 Å². The molecular formula is C11H16Cl2N2O2. The lowest BCUT2D eigenvalue weighted by molar-refractivity contribution is -0.129. The van der Waals surface area contributed by atoms with Crippen LogP contribution < -0.4 is 10.6 Å². The fraction of sp³-hybridized carbons (Fsp3) is 0.364. The van der Waals surface area contributed by atoms with Gasteiger partial charge in [0.25, 0.3) is 5.91 Å². The van der Waals surface area contributed by atoms with Crippen molar-refractivity contribution in [3.8, 4) is 0 Å². The molecule has 0 fully saturated rings. The van der Waals surface area contributed by atoms with Crippen LogP contribution >= 0.6 is 24.0 Å². The molecule has 96 valence electrons. The molecule has 0 saturated carbocycles. The summed E-state index contributed by atoms with van der Waals surface area (Å²) in [5, 5.41) is 15.7. The molecule has 3 N–H and O–H groups in total. The first-order chi connectivity index (χ1) is 7.65. The normalized spacial score (nSPS) is 11.5. The first kappa shape index (κ1) is 16.2. The number of rotatable bonds is 5. The number of aliphatic hydroxyl groups is 1. The number of hydrogen-bond donors (Lipinski definition) is 3. The summed E-state index contributed by atoms with van der Waals surface area (Å²) < 4.78 is 0. The minimum Gasteiger partial charge on any atom is -0.378 e. The first-order valence-corrected chi connectivity index (χ1v) is 5.39. The summed E-state index contributed by atoms with van der Waals surface area (Å²) in [4.78, 5) is 11.5. The molecule has 6 heteroatoms. The molecule has 0 bridgehead atoms. The summed E-state index contributed by atoms with van der Waals surface area (Å²) >= 11 is 5.77. The maximum atomic E-state index is 11.5. The smallest absolute Gasteiger partial charge is 0.253 e. The van der Waals surface area contributed by atoms with Gasteiger partial charge in [-0.15, -0.1) is 12.4 Å². The van der Waals surface area contributed by atoms with E-state index in [1.54, 1.807) is 31.3 Å². The zero-order valence-corrected chi connectivity index (χ0v) is 11.0. The van der Waals surface area contributed by atoms with Gasteiger partial charge in [-0.05, 0) is 24.7 Å². The summed E-state index contributed by atoms with van der Waals surface area (Å²) in [7, 11) is 1.79. The molecule has 1 aromatic carbocycles. The van der Waals surface area contributed by atoms with E-state index in [4.69, 9.17) is 11.6 Å². The van der Waals surface area contributed by atoms with E-state index in [-0.39, 0.29) is 12.4 Å². The van der Waals surface area contributed by atoms with E-state index >= 15 is 0 Å². The van der Waals surface area contributed by atoms with Crippen LogP contribution in [0.25, 0.3) is 0 Å². The van der Waals surface area contributed by atoms with Crippen molar-refractivity contribution in [1.29, 1.82) is 0 Å². The Bertz CT molecular complexity index is 361. The fourth-order valence-electron chi connectivity index (χ4n) is 1.24. The Kier molecular flexibility index (Phi) is 7.91. The molecule has 4 nitrogen and oxygen atoms in total. The van der Waals surface area contributed by atoms with Crippen molar-refractivity contribution in [1.82, 2.24) is 10.6 Å². The Balaban J connectivity index is 0.00000256. The van der Waals surface area contributed by atoms with Crippen LogP contribution in [0.4, 0.5) is 0 Å². The van der Waals surface area contributed by atoms with E-state index in [9.17, 15) is 9.90 Å². The van der Waals surface area contributed by atoms with Crippen LogP contribution in [-0.2, 0) is 4.79 Å². The van der Waals surface area contributed by atoms with Gasteiger partial charge in [0.05, 0.1) is 0 Å². The predicted molar refractivity (Wildman–Crippen MR) is 70.6 cm³/mol. The van der Waals surface area contributed by atoms with Crippen LogP contribution in [0.15, 0.2) is 24.3 Å². The standard InChI is InChI=1S/C11H15ClN2O2.ClH/c1-13-5-6-14-11(16)10(15)8-3-2-4-9(12)7-8;/h2-4,7,10,13,15H,5-6H2,1H3,(H,14,16);1H. The van der Waals surface area contributed by atoms with Gasteiger partial charge in [-0.1, -0.05) is 23.7 Å². The highest BCUT2D eigenvalue weighted by atomic mass is 35.5. The van der Waals surface area contributed by atoms with Crippen LogP contribution in [-0.4, -0.2) is 31.2 Å². The highest BCUT2D eigenvalue weighted by Crippen LogP contribution is 2.17. The van der Waals surface area contributed by atoms with E-state index in [1.807, 2.05) is 0 Å². The number of benzene rings is 1. The van der Waals surface area contributed by atoms with Crippen molar-refractivity contribution in [3.05, 3.63) is 34.9 Å². The Labute approximate surface area is 112 Å². The molecule has 1 rings (SSSR count). The number of halogens is 2. The molecule has 17 heavy (non-hydrogen) atoms. The van der Waals surface area contributed by atoms with Crippen LogP contribution in [0.1, 0.15) is 11.7 Å². The number of amides is 1. The third kappa shape index (κ3) is 5.37. The number of carbonyl (C=O) groups is 1. The van der Waals surface area contributed by atoms with Crippen molar-refractivity contribution in [2.24, 2.45) is 0 Å². The third-order valence-corrected chi connectivity index (χ3v) is 2.32. The van der Waals surface area contributed by atoms with Gasteiger partial charge in [-0.3, -0.25) is 4.79 Å². The molecule has 1 amide bonds. The molecule has 1 unspecified atom stereocenters. The second-order valence-electron chi connectivity index (χ2n) is 3.35. The van der Waals surface area contributed by atoms with Gasteiger partial charge >= 0.3 is 0 Å². The summed E-state index contributed by atoms with van der Waals surface area (Å²) in [6.45, 7) is 1.14. The average molecular weight is 279 g/mol. The minimum absolute atomic E-state index is 0. The Morgan fingerprint density at radius 1 is 1.47 bits per heavy atom. The molecular weight excluding hydrogens is 263 g/mol. The zero-order valence-electron chi connectivity index (χ0n) is 9.44. The predicted octanol–water partition coefficient (Wildman–Crippen LogP) is 1.13. The minimum atomic E-state index is -1.17. The highest BCUT2D eigenvalue weighted by Gasteiger charge is 2.16. The largest absolute Gasteiger partial charge is 0.378 e. The van der Waals surface area contributed by atoms with Gasteiger partial charge in [0.2, 0.25) is 0 Å². The lowest BCUT2D eigenvalue weighted by Gasteiger charge is -2.11. The summed E-state index contributed by atoms with van der Waals surface area (Å²) in [5.41, 5.74) is 0.495. The third-order valence-electron chi connectivity index (χ3n) is 2.09. The van der Waals surface area contributed by atoms with Crippen molar-refractivity contribution in [2.75, 3.05) is 20.1 Å². The SMILES string of the molecule is CNCCNC(=O)C(O)c1cccc(Cl)c1.Cl. The number of hydrogen-bond acceptors (Lipinski definition) is 3. The molecule has 1 aromatic rings. The maximum absolute atomic E-state index is 11.5. The molecule has 0 spiro atoms. The lowest BCUT2D eigenvalue weighted by atomic mass is 10.1. The number of carbonyl (C=O) groups excluding carboxylic acids is 1. The highest BCUT2D eigenvalue weighted by molar-refractivity contribution is 6.30. The fourth-order valence-corrected chi connectivity index (χ4v) is 1.43. The second kappa shape index (κ2) is 8.31. The van der Waals surface area contributed by atoms with E-state index in [0.717, 1.165) is 0 Å². The molecule has 0 radical (unpaired) electrons. The zero-order chi connectivity index (χ0) is 12.0. The van der Waals surface area contributed by atoms with Crippen LogP contribution in [0.5, 0.6) is 0 Å². The Morgan fingerprint density at radius 3 is 2.76 bits per heavy atom. The molecule has 0 saturated heterocycles.